The van der Waals surface area contributed by atoms with Crippen LogP contribution in [0.2, 0.25) is 0 Å². The minimum atomic E-state index is 0.155. The van der Waals surface area contributed by atoms with E-state index in [-0.39, 0.29) is 6.04 Å². The third-order valence-electron chi connectivity index (χ3n) is 5.90. The van der Waals surface area contributed by atoms with Crippen molar-refractivity contribution in [2.45, 2.75) is 40.2 Å². The number of fused-ring (bicyclic) bond motifs is 1. The number of hydrogen-bond acceptors (Lipinski definition) is 4. The molecule has 1 atom stereocenters. The molecular formula is C24H34N2O2. The third kappa shape index (κ3) is 4.50. The molecule has 0 fully saturated rings. The Morgan fingerprint density at radius 2 is 1.79 bits per heavy atom. The maximum atomic E-state index is 6.04. The average molecular weight is 383 g/mol. The van der Waals surface area contributed by atoms with Crippen molar-refractivity contribution < 1.29 is 9.47 Å². The van der Waals surface area contributed by atoms with Crippen molar-refractivity contribution in [1.82, 2.24) is 10.2 Å². The molecule has 0 radical (unpaired) electrons. The van der Waals surface area contributed by atoms with Crippen LogP contribution in [0, 0.1) is 13.8 Å². The number of methoxy groups -OCH3 is 1. The molecule has 0 amide bonds. The second-order valence-corrected chi connectivity index (χ2v) is 7.55. The normalized spacial score (nSPS) is 16.1. The van der Waals surface area contributed by atoms with E-state index in [2.05, 4.69) is 68.2 Å². The third-order valence-corrected chi connectivity index (χ3v) is 5.90. The summed E-state index contributed by atoms with van der Waals surface area (Å²) in [5.74, 6) is 1.92. The van der Waals surface area contributed by atoms with Gasteiger partial charge in [-0.25, -0.2) is 0 Å². The van der Waals surface area contributed by atoms with Gasteiger partial charge in [-0.05, 0) is 73.8 Å². The smallest absolute Gasteiger partial charge is 0.124 e. The summed E-state index contributed by atoms with van der Waals surface area (Å²) >= 11 is 0. The van der Waals surface area contributed by atoms with E-state index in [0.717, 1.165) is 50.7 Å². The molecular weight excluding hydrogens is 348 g/mol. The molecule has 0 saturated carbocycles. The van der Waals surface area contributed by atoms with Crippen LogP contribution in [0.1, 0.15) is 47.7 Å². The molecule has 0 saturated heterocycles. The molecule has 0 bridgehead atoms. The summed E-state index contributed by atoms with van der Waals surface area (Å²) < 4.78 is 11.7. The zero-order valence-corrected chi connectivity index (χ0v) is 18.0. The molecule has 1 unspecified atom stereocenters. The van der Waals surface area contributed by atoms with E-state index in [1.807, 2.05) is 0 Å². The van der Waals surface area contributed by atoms with Crippen molar-refractivity contribution in [3.63, 3.8) is 0 Å². The van der Waals surface area contributed by atoms with E-state index in [1.165, 1.54) is 27.8 Å². The summed E-state index contributed by atoms with van der Waals surface area (Å²) in [5, 5.41) is 3.68. The Morgan fingerprint density at radius 3 is 2.50 bits per heavy atom. The van der Waals surface area contributed by atoms with Crippen LogP contribution in [0.5, 0.6) is 11.5 Å². The molecule has 1 N–H and O–H groups in total. The lowest BCUT2D eigenvalue weighted by molar-refractivity contribution is 0.222. The molecule has 4 nitrogen and oxygen atoms in total. The Kier molecular flexibility index (Phi) is 6.97. The van der Waals surface area contributed by atoms with Gasteiger partial charge in [0.2, 0.25) is 0 Å². The van der Waals surface area contributed by atoms with E-state index in [9.17, 15) is 0 Å². The molecule has 1 heterocycles. The number of benzene rings is 2. The minimum Gasteiger partial charge on any atom is -0.496 e. The van der Waals surface area contributed by atoms with Gasteiger partial charge in [0.15, 0.2) is 0 Å². The zero-order chi connectivity index (χ0) is 20.1. The molecule has 0 spiro atoms. The van der Waals surface area contributed by atoms with Crippen LogP contribution >= 0.6 is 0 Å². The van der Waals surface area contributed by atoms with Gasteiger partial charge in [-0.2, -0.15) is 0 Å². The molecule has 1 aliphatic rings. The first-order chi connectivity index (χ1) is 13.6. The zero-order valence-electron chi connectivity index (χ0n) is 18.0. The number of aryl methyl sites for hydroxylation is 2. The summed E-state index contributed by atoms with van der Waals surface area (Å²) in [6.45, 7) is 13.5. The summed E-state index contributed by atoms with van der Waals surface area (Å²) in [5.41, 5.74) is 6.45. The van der Waals surface area contributed by atoms with Crippen molar-refractivity contribution in [3.8, 4) is 11.5 Å². The predicted octanol–water partition coefficient (Wildman–Crippen LogP) is 4.27. The Bertz CT molecular complexity index is 799. The van der Waals surface area contributed by atoms with Crippen molar-refractivity contribution >= 4 is 0 Å². The second kappa shape index (κ2) is 9.44. The molecule has 0 aliphatic carbocycles. The molecule has 4 heteroatoms. The van der Waals surface area contributed by atoms with Crippen LogP contribution < -0.4 is 14.8 Å². The van der Waals surface area contributed by atoms with Crippen LogP contribution in [-0.2, 0) is 6.42 Å². The van der Waals surface area contributed by atoms with Crippen LogP contribution in [0.15, 0.2) is 30.3 Å². The Hall–Kier alpha value is -2.04. The lowest BCUT2D eigenvalue weighted by atomic mass is 9.88. The predicted molar refractivity (Wildman–Crippen MR) is 116 cm³/mol. The van der Waals surface area contributed by atoms with Crippen molar-refractivity contribution in [2.75, 3.05) is 39.9 Å². The molecule has 1 aliphatic heterocycles. The Morgan fingerprint density at radius 1 is 1.04 bits per heavy atom. The minimum absolute atomic E-state index is 0.155. The van der Waals surface area contributed by atoms with Crippen LogP contribution in [0.3, 0.4) is 0 Å². The largest absolute Gasteiger partial charge is 0.496 e. The molecule has 2 aromatic rings. The van der Waals surface area contributed by atoms with Gasteiger partial charge >= 0.3 is 0 Å². The van der Waals surface area contributed by atoms with Gasteiger partial charge < -0.3 is 19.7 Å². The highest BCUT2D eigenvalue weighted by molar-refractivity contribution is 5.50. The van der Waals surface area contributed by atoms with Crippen molar-refractivity contribution in [3.05, 3.63) is 58.1 Å². The fourth-order valence-electron chi connectivity index (χ4n) is 3.96. The van der Waals surface area contributed by atoms with Crippen molar-refractivity contribution in [1.29, 1.82) is 0 Å². The molecule has 2 aromatic carbocycles. The van der Waals surface area contributed by atoms with E-state index in [4.69, 9.17) is 9.47 Å². The lowest BCUT2D eigenvalue weighted by Crippen LogP contribution is -2.31. The topological polar surface area (TPSA) is 33.7 Å². The van der Waals surface area contributed by atoms with E-state index in [0.29, 0.717) is 0 Å². The summed E-state index contributed by atoms with van der Waals surface area (Å²) in [6, 6.07) is 11.1. The Labute approximate surface area is 169 Å². The molecule has 28 heavy (non-hydrogen) atoms. The number of hydrogen-bond donors (Lipinski definition) is 1. The first-order valence-electron chi connectivity index (χ1n) is 10.4. The van der Waals surface area contributed by atoms with Gasteiger partial charge in [0.25, 0.3) is 0 Å². The number of rotatable bonds is 8. The van der Waals surface area contributed by atoms with Gasteiger partial charge in [0.1, 0.15) is 18.1 Å². The molecule has 0 aromatic heterocycles. The maximum Gasteiger partial charge on any atom is 0.124 e. The summed E-state index contributed by atoms with van der Waals surface area (Å²) in [4.78, 5) is 2.38. The maximum absolute atomic E-state index is 6.04. The highest BCUT2D eigenvalue weighted by atomic mass is 16.5. The number of nitrogens with one attached hydrogen (secondary N) is 1. The lowest BCUT2D eigenvalue weighted by Gasteiger charge is -2.29. The fraction of sp³-hybridized carbons (Fsp3) is 0.500. The summed E-state index contributed by atoms with van der Waals surface area (Å²) in [6.07, 6.45) is 1.02. The molecule has 3 rings (SSSR count). The van der Waals surface area contributed by atoms with Gasteiger partial charge in [-0.15, -0.1) is 0 Å². The van der Waals surface area contributed by atoms with Gasteiger partial charge in [-0.3, -0.25) is 0 Å². The SMILES string of the molecule is CCN(CC)CCOc1ccc2c(c1)CCNC2c1cc(C)c(C)cc1OC. The number of nitrogens with zero attached hydrogens (tertiary/aromatic N) is 1. The standard InChI is InChI=1S/C24H34N2O2/c1-6-26(7-2)12-13-28-20-8-9-21-19(16-20)10-11-25-24(21)22-14-17(3)18(4)15-23(22)27-5/h8-9,14-16,24-25H,6-7,10-13H2,1-5H3. The number of likely N-dealkylation sites (N-methyl/N-ethyl adjacent to an activating group) is 1. The average Bonchev–Trinajstić information content (AvgIpc) is 2.72. The second-order valence-electron chi connectivity index (χ2n) is 7.55. The monoisotopic (exact) mass is 382 g/mol. The van der Waals surface area contributed by atoms with Crippen molar-refractivity contribution in [2.24, 2.45) is 0 Å². The van der Waals surface area contributed by atoms with Crippen LogP contribution in [0.4, 0.5) is 0 Å². The summed E-state index contributed by atoms with van der Waals surface area (Å²) in [7, 11) is 1.75. The van der Waals surface area contributed by atoms with Gasteiger partial charge in [0, 0.05) is 18.7 Å². The highest BCUT2D eigenvalue weighted by Crippen LogP contribution is 2.36. The van der Waals surface area contributed by atoms with Gasteiger partial charge in [0.05, 0.1) is 13.2 Å². The first-order valence-corrected chi connectivity index (χ1v) is 10.4. The van der Waals surface area contributed by atoms with Crippen LogP contribution in [-0.4, -0.2) is 44.8 Å². The van der Waals surface area contributed by atoms with Gasteiger partial charge in [-0.1, -0.05) is 26.0 Å². The fourth-order valence-corrected chi connectivity index (χ4v) is 3.96. The molecule has 152 valence electrons. The highest BCUT2D eigenvalue weighted by Gasteiger charge is 2.25. The van der Waals surface area contributed by atoms with E-state index < -0.39 is 0 Å². The Balaban J connectivity index is 1.81. The van der Waals surface area contributed by atoms with E-state index in [1.54, 1.807) is 7.11 Å². The van der Waals surface area contributed by atoms with E-state index >= 15 is 0 Å². The number of ether oxygens (including phenoxy) is 2. The quantitative estimate of drug-likeness (QED) is 0.739. The first kappa shape index (κ1) is 20.7. The van der Waals surface area contributed by atoms with Crippen LogP contribution in [0.25, 0.3) is 0 Å².